The van der Waals surface area contributed by atoms with Crippen molar-refractivity contribution < 1.29 is 13.9 Å². The predicted molar refractivity (Wildman–Crippen MR) is 126 cm³/mol. The number of rotatable bonds is 11. The predicted octanol–water partition coefficient (Wildman–Crippen LogP) is 5.83. The molecule has 0 amide bonds. The zero-order chi connectivity index (χ0) is 23.3. The van der Waals surface area contributed by atoms with Crippen LogP contribution in [0.5, 0.6) is 11.6 Å². The molecule has 2 aromatic rings. The summed E-state index contributed by atoms with van der Waals surface area (Å²) in [6.07, 6.45) is 7.01. The maximum atomic E-state index is 14.3. The monoisotopic (exact) mass is 439 g/mol. The van der Waals surface area contributed by atoms with E-state index in [0.29, 0.717) is 24.1 Å². The second kappa shape index (κ2) is 10.2. The van der Waals surface area contributed by atoms with Gasteiger partial charge in [-0.25, -0.2) is 9.37 Å². The van der Waals surface area contributed by atoms with Crippen LogP contribution in [0.1, 0.15) is 61.9 Å². The van der Waals surface area contributed by atoms with E-state index in [2.05, 4.69) is 47.5 Å². The number of aromatic nitrogens is 2. The van der Waals surface area contributed by atoms with E-state index in [1.165, 1.54) is 17.8 Å². The Morgan fingerprint density at radius 3 is 2.66 bits per heavy atom. The average molecular weight is 440 g/mol. The normalized spacial score (nSPS) is 20.4. The Morgan fingerprint density at radius 1 is 1.34 bits per heavy atom. The first-order chi connectivity index (χ1) is 15.3. The van der Waals surface area contributed by atoms with Crippen LogP contribution in [0, 0.1) is 12.8 Å². The molecule has 32 heavy (non-hydrogen) atoms. The Hall–Kier alpha value is -2.89. The fourth-order valence-electron chi connectivity index (χ4n) is 4.03. The number of aryl methyl sites for hydroxylation is 1. The molecule has 3 rings (SSSR count). The Kier molecular flexibility index (Phi) is 7.54. The van der Waals surface area contributed by atoms with Crippen LogP contribution in [0.25, 0.3) is 0 Å². The van der Waals surface area contributed by atoms with Crippen LogP contribution in [0.3, 0.4) is 0 Å². The van der Waals surface area contributed by atoms with Gasteiger partial charge in [-0.15, -0.1) is 0 Å². The van der Waals surface area contributed by atoms with E-state index in [-0.39, 0.29) is 12.6 Å². The van der Waals surface area contributed by atoms with Crippen molar-refractivity contribution in [2.45, 2.75) is 57.7 Å². The standard InChI is InChI=1S/C26H34FN3O2/c1-7-26(27,8-2)16-32-25-15-28-23(14-29-25)19(5)30-18(4)21-10-11-22(21)20-9-12-24(31-6)17(3)13-20/h7,9,12-15,19,21-22,30H,1,4,8,10-11,16H2,2-3,5-6H3/t19-,21-,22-,26?/m1/s1. The smallest absolute Gasteiger partial charge is 0.232 e. The molecule has 1 aliphatic rings. The summed E-state index contributed by atoms with van der Waals surface area (Å²) in [5.74, 6) is 2.05. The summed E-state index contributed by atoms with van der Waals surface area (Å²) in [4.78, 5) is 8.72. The van der Waals surface area contributed by atoms with Crippen molar-refractivity contribution in [3.63, 3.8) is 0 Å². The number of nitrogens with one attached hydrogen (secondary N) is 1. The van der Waals surface area contributed by atoms with Crippen molar-refractivity contribution in [3.05, 3.63) is 72.3 Å². The number of nitrogens with zero attached hydrogens (tertiary/aromatic N) is 2. The number of ether oxygens (including phenoxy) is 2. The third-order valence-corrected chi connectivity index (χ3v) is 6.48. The summed E-state index contributed by atoms with van der Waals surface area (Å²) in [6, 6.07) is 6.36. The molecule has 6 heteroatoms. The fraction of sp³-hybridized carbons (Fsp3) is 0.462. The molecule has 0 spiro atoms. The highest BCUT2D eigenvalue weighted by Crippen LogP contribution is 2.46. The number of alkyl halides is 1. The first-order valence-corrected chi connectivity index (χ1v) is 11.2. The van der Waals surface area contributed by atoms with Gasteiger partial charge in [0.05, 0.1) is 31.2 Å². The Balaban J connectivity index is 1.57. The second-order valence-electron chi connectivity index (χ2n) is 8.57. The van der Waals surface area contributed by atoms with Crippen molar-refractivity contribution in [3.8, 4) is 11.6 Å². The van der Waals surface area contributed by atoms with E-state index in [0.717, 1.165) is 35.5 Å². The number of hydrogen-bond donors (Lipinski definition) is 1. The maximum absolute atomic E-state index is 14.3. The summed E-state index contributed by atoms with van der Waals surface area (Å²) in [7, 11) is 1.70. The van der Waals surface area contributed by atoms with Crippen LogP contribution in [0.4, 0.5) is 4.39 Å². The van der Waals surface area contributed by atoms with Crippen LogP contribution in [0.2, 0.25) is 0 Å². The molecule has 5 nitrogen and oxygen atoms in total. The second-order valence-corrected chi connectivity index (χ2v) is 8.57. The number of benzene rings is 1. The van der Waals surface area contributed by atoms with Gasteiger partial charge >= 0.3 is 0 Å². The highest BCUT2D eigenvalue weighted by atomic mass is 19.1. The summed E-state index contributed by atoms with van der Waals surface area (Å²) < 4.78 is 25.1. The quantitative estimate of drug-likeness (QED) is 0.446. The van der Waals surface area contributed by atoms with Crippen molar-refractivity contribution >= 4 is 0 Å². The zero-order valence-corrected chi connectivity index (χ0v) is 19.5. The Bertz CT molecular complexity index is 947. The van der Waals surface area contributed by atoms with Crippen LogP contribution < -0.4 is 14.8 Å². The third-order valence-electron chi connectivity index (χ3n) is 6.48. The minimum Gasteiger partial charge on any atom is -0.496 e. The van der Waals surface area contributed by atoms with Gasteiger partial charge in [-0.3, -0.25) is 4.98 Å². The first kappa shape index (κ1) is 23.8. The molecule has 0 bridgehead atoms. The van der Waals surface area contributed by atoms with Crippen LogP contribution in [-0.4, -0.2) is 29.4 Å². The molecule has 1 aromatic carbocycles. The number of halogens is 1. The van der Waals surface area contributed by atoms with Gasteiger partial charge in [0.15, 0.2) is 5.67 Å². The van der Waals surface area contributed by atoms with Gasteiger partial charge < -0.3 is 14.8 Å². The molecule has 1 saturated carbocycles. The molecule has 0 radical (unpaired) electrons. The van der Waals surface area contributed by atoms with E-state index in [1.807, 2.05) is 13.0 Å². The summed E-state index contributed by atoms with van der Waals surface area (Å²) in [6.45, 7) is 13.6. The molecule has 1 aliphatic carbocycles. The number of allylic oxidation sites excluding steroid dienone is 1. The zero-order valence-electron chi connectivity index (χ0n) is 19.5. The molecule has 1 unspecified atom stereocenters. The molecule has 172 valence electrons. The van der Waals surface area contributed by atoms with E-state index in [4.69, 9.17) is 9.47 Å². The van der Waals surface area contributed by atoms with Gasteiger partial charge in [0.2, 0.25) is 5.88 Å². The fourth-order valence-corrected chi connectivity index (χ4v) is 4.03. The van der Waals surface area contributed by atoms with Crippen molar-refractivity contribution in [2.24, 2.45) is 5.92 Å². The van der Waals surface area contributed by atoms with Gasteiger partial charge in [-0.05, 0) is 56.2 Å². The molecule has 0 saturated heterocycles. The summed E-state index contributed by atoms with van der Waals surface area (Å²) >= 11 is 0. The highest BCUT2D eigenvalue weighted by Gasteiger charge is 2.35. The molecular weight excluding hydrogens is 405 g/mol. The molecular formula is C26H34FN3O2. The van der Waals surface area contributed by atoms with Gasteiger partial charge in [-0.2, -0.15) is 0 Å². The SMILES string of the molecule is C=CC(F)(CC)COc1cnc([C@@H](C)NC(=C)[C@H]2CC[C@@H]2c2ccc(OC)c(C)c2)cn1. The third kappa shape index (κ3) is 5.29. The van der Waals surface area contributed by atoms with E-state index in [9.17, 15) is 4.39 Å². The number of methoxy groups -OCH3 is 1. The lowest BCUT2D eigenvalue weighted by Gasteiger charge is -2.39. The average Bonchev–Trinajstić information content (AvgIpc) is 2.77. The molecule has 1 aromatic heterocycles. The van der Waals surface area contributed by atoms with Gasteiger partial charge in [0.1, 0.15) is 12.4 Å². The Morgan fingerprint density at radius 2 is 2.12 bits per heavy atom. The lowest BCUT2D eigenvalue weighted by Crippen LogP contribution is -2.33. The van der Waals surface area contributed by atoms with Crippen LogP contribution >= 0.6 is 0 Å². The molecule has 1 fully saturated rings. The van der Waals surface area contributed by atoms with E-state index < -0.39 is 5.67 Å². The highest BCUT2D eigenvalue weighted by molar-refractivity contribution is 5.39. The van der Waals surface area contributed by atoms with Gasteiger partial charge in [-0.1, -0.05) is 38.3 Å². The first-order valence-electron chi connectivity index (χ1n) is 11.2. The minimum absolute atomic E-state index is 0.0491. The lowest BCUT2D eigenvalue weighted by molar-refractivity contribution is 0.122. The Labute approximate surface area is 190 Å². The van der Waals surface area contributed by atoms with Crippen LogP contribution in [0.15, 0.2) is 55.5 Å². The molecule has 4 atom stereocenters. The van der Waals surface area contributed by atoms with E-state index in [1.54, 1.807) is 20.2 Å². The summed E-state index contributed by atoms with van der Waals surface area (Å²) in [5.41, 5.74) is 2.71. The van der Waals surface area contributed by atoms with Crippen molar-refractivity contribution in [1.29, 1.82) is 0 Å². The lowest BCUT2D eigenvalue weighted by atomic mass is 9.68. The minimum atomic E-state index is -1.56. The number of hydrogen-bond acceptors (Lipinski definition) is 5. The van der Waals surface area contributed by atoms with Crippen molar-refractivity contribution in [2.75, 3.05) is 13.7 Å². The van der Waals surface area contributed by atoms with Crippen molar-refractivity contribution in [1.82, 2.24) is 15.3 Å². The van der Waals surface area contributed by atoms with Gasteiger partial charge in [0, 0.05) is 11.6 Å². The van der Waals surface area contributed by atoms with Crippen LogP contribution in [-0.2, 0) is 0 Å². The summed E-state index contributed by atoms with van der Waals surface area (Å²) in [5, 5.41) is 3.49. The van der Waals surface area contributed by atoms with E-state index >= 15 is 0 Å². The van der Waals surface area contributed by atoms with Gasteiger partial charge in [0.25, 0.3) is 0 Å². The molecule has 0 aliphatic heterocycles. The largest absolute Gasteiger partial charge is 0.496 e. The molecule has 1 heterocycles. The molecule has 1 N–H and O–H groups in total. The topological polar surface area (TPSA) is 56.3 Å². The maximum Gasteiger partial charge on any atom is 0.232 e.